The summed E-state index contributed by atoms with van der Waals surface area (Å²) in [6, 6.07) is 5.21. The Labute approximate surface area is 104 Å². The van der Waals surface area contributed by atoms with Crippen molar-refractivity contribution in [3.05, 3.63) is 30.3 Å². The second-order valence-corrected chi connectivity index (χ2v) is 4.47. The molecule has 1 aromatic carbocycles. The van der Waals surface area contributed by atoms with Gasteiger partial charge in [0.15, 0.2) is 11.6 Å². The maximum atomic E-state index is 13.6. The second kappa shape index (κ2) is 4.01. The van der Waals surface area contributed by atoms with Crippen molar-refractivity contribution < 1.29 is 9.13 Å². The van der Waals surface area contributed by atoms with Crippen LogP contribution < -0.4 is 10.5 Å². The molecule has 0 saturated heterocycles. The maximum Gasteiger partial charge on any atom is 0.165 e. The van der Waals surface area contributed by atoms with Gasteiger partial charge in [0.1, 0.15) is 11.5 Å². The van der Waals surface area contributed by atoms with Gasteiger partial charge in [-0.25, -0.2) is 9.37 Å². The van der Waals surface area contributed by atoms with Crippen LogP contribution in [0.1, 0.15) is 18.9 Å². The molecule has 5 heteroatoms. The van der Waals surface area contributed by atoms with E-state index in [0.29, 0.717) is 23.1 Å². The summed E-state index contributed by atoms with van der Waals surface area (Å²) in [6.45, 7) is 0. The summed E-state index contributed by atoms with van der Waals surface area (Å²) in [4.78, 5) is 4.27. The number of nitrogens with zero attached hydrogens (tertiary/aromatic N) is 2. The smallest absolute Gasteiger partial charge is 0.165 e. The predicted molar refractivity (Wildman–Crippen MR) is 66.9 cm³/mol. The van der Waals surface area contributed by atoms with Crippen LogP contribution in [0.15, 0.2) is 24.5 Å². The van der Waals surface area contributed by atoms with E-state index in [4.69, 9.17) is 10.5 Å². The van der Waals surface area contributed by atoms with Gasteiger partial charge in [-0.05, 0) is 31.0 Å². The number of hydrogen-bond acceptors (Lipinski definition) is 3. The molecule has 4 nitrogen and oxygen atoms in total. The quantitative estimate of drug-likeness (QED) is 0.907. The number of rotatable bonds is 3. The Kier molecular flexibility index (Phi) is 2.47. The number of aromatic nitrogens is 2. The molecule has 1 heterocycles. The molecule has 2 aromatic rings. The van der Waals surface area contributed by atoms with Crippen molar-refractivity contribution in [3.63, 3.8) is 0 Å². The largest absolute Gasteiger partial charge is 0.494 e. The second-order valence-electron chi connectivity index (χ2n) is 4.47. The van der Waals surface area contributed by atoms with Crippen molar-refractivity contribution in [3.8, 4) is 17.0 Å². The van der Waals surface area contributed by atoms with Crippen LogP contribution >= 0.6 is 0 Å². The van der Waals surface area contributed by atoms with E-state index < -0.39 is 5.82 Å². The fourth-order valence-electron chi connectivity index (χ4n) is 2.05. The fraction of sp³-hybridized carbons (Fsp3) is 0.308. The molecule has 1 aromatic heterocycles. The number of nitrogens with two attached hydrogens (primary N) is 1. The Morgan fingerprint density at radius 3 is 2.83 bits per heavy atom. The van der Waals surface area contributed by atoms with E-state index in [9.17, 15) is 4.39 Å². The fourth-order valence-corrected chi connectivity index (χ4v) is 2.05. The van der Waals surface area contributed by atoms with E-state index in [1.165, 1.54) is 13.2 Å². The third-order valence-electron chi connectivity index (χ3n) is 3.20. The highest BCUT2D eigenvalue weighted by Crippen LogP contribution is 2.39. The van der Waals surface area contributed by atoms with Crippen molar-refractivity contribution in [2.24, 2.45) is 0 Å². The lowest BCUT2D eigenvalue weighted by molar-refractivity contribution is 0.386. The first kappa shape index (κ1) is 11.1. The minimum atomic E-state index is -0.407. The van der Waals surface area contributed by atoms with Crippen LogP contribution in [0.25, 0.3) is 11.3 Å². The SMILES string of the molecule is COc1ccc(-c2ncn(C3CC3)c2N)cc1F. The van der Waals surface area contributed by atoms with E-state index in [1.54, 1.807) is 18.5 Å². The number of imidazole rings is 1. The third kappa shape index (κ3) is 1.72. The lowest BCUT2D eigenvalue weighted by Crippen LogP contribution is -1.99. The normalized spacial score (nSPS) is 14.8. The Hall–Kier alpha value is -2.04. The topological polar surface area (TPSA) is 53.1 Å². The number of halogens is 1. The molecular weight excluding hydrogens is 233 g/mol. The Morgan fingerprint density at radius 2 is 2.22 bits per heavy atom. The number of nitrogen functional groups attached to an aromatic ring is 1. The van der Waals surface area contributed by atoms with E-state index >= 15 is 0 Å². The number of benzene rings is 1. The van der Waals surface area contributed by atoms with Crippen LogP contribution in [0.4, 0.5) is 10.2 Å². The van der Waals surface area contributed by atoms with Gasteiger partial charge in [0.25, 0.3) is 0 Å². The molecule has 0 aliphatic heterocycles. The zero-order chi connectivity index (χ0) is 12.7. The molecule has 1 saturated carbocycles. The zero-order valence-corrected chi connectivity index (χ0v) is 10.1. The summed E-state index contributed by atoms with van der Waals surface area (Å²) in [7, 11) is 1.44. The third-order valence-corrected chi connectivity index (χ3v) is 3.20. The molecule has 0 spiro atoms. The van der Waals surface area contributed by atoms with Crippen molar-refractivity contribution in [2.45, 2.75) is 18.9 Å². The van der Waals surface area contributed by atoms with Gasteiger partial charge in [-0.2, -0.15) is 0 Å². The molecule has 94 valence electrons. The Bertz CT molecular complexity index is 590. The molecule has 3 rings (SSSR count). The summed E-state index contributed by atoms with van der Waals surface area (Å²) in [5, 5.41) is 0. The zero-order valence-electron chi connectivity index (χ0n) is 10.1. The number of hydrogen-bond donors (Lipinski definition) is 1. The summed E-state index contributed by atoms with van der Waals surface area (Å²) >= 11 is 0. The molecule has 1 aliphatic carbocycles. The van der Waals surface area contributed by atoms with Crippen molar-refractivity contribution in [1.29, 1.82) is 0 Å². The van der Waals surface area contributed by atoms with Crippen molar-refractivity contribution >= 4 is 5.82 Å². The van der Waals surface area contributed by atoms with Crippen molar-refractivity contribution in [2.75, 3.05) is 12.8 Å². The van der Waals surface area contributed by atoms with Crippen LogP contribution in [0.3, 0.4) is 0 Å². The first-order valence-electron chi connectivity index (χ1n) is 5.87. The van der Waals surface area contributed by atoms with Crippen LogP contribution in [-0.2, 0) is 0 Å². The first-order valence-corrected chi connectivity index (χ1v) is 5.87. The minimum Gasteiger partial charge on any atom is -0.494 e. The van der Waals surface area contributed by atoms with E-state index in [0.717, 1.165) is 12.8 Å². The van der Waals surface area contributed by atoms with Gasteiger partial charge < -0.3 is 15.0 Å². The van der Waals surface area contributed by atoms with E-state index in [1.807, 2.05) is 4.57 Å². The standard InChI is InChI=1S/C13H14FN3O/c1-18-11-5-2-8(6-10(11)14)12-13(15)17(7-16-12)9-3-4-9/h2,5-7,9H,3-4,15H2,1H3. The highest BCUT2D eigenvalue weighted by atomic mass is 19.1. The van der Waals surface area contributed by atoms with Gasteiger partial charge in [-0.3, -0.25) is 0 Å². The molecule has 0 bridgehead atoms. The predicted octanol–water partition coefficient (Wildman–Crippen LogP) is 2.61. The van der Waals surface area contributed by atoms with Gasteiger partial charge in [0, 0.05) is 11.6 Å². The summed E-state index contributed by atoms with van der Waals surface area (Å²) < 4.78 is 20.5. The Balaban J connectivity index is 2.01. The van der Waals surface area contributed by atoms with Gasteiger partial charge >= 0.3 is 0 Å². The average molecular weight is 247 g/mol. The van der Waals surface area contributed by atoms with Gasteiger partial charge in [0.05, 0.1) is 13.4 Å². The number of anilines is 1. The Morgan fingerprint density at radius 1 is 1.44 bits per heavy atom. The molecule has 0 atom stereocenters. The molecule has 1 fully saturated rings. The molecule has 1 aliphatic rings. The monoisotopic (exact) mass is 247 g/mol. The molecule has 0 amide bonds. The van der Waals surface area contributed by atoms with Crippen LogP contribution in [0.5, 0.6) is 5.75 Å². The molecule has 2 N–H and O–H groups in total. The van der Waals surface area contributed by atoms with E-state index in [-0.39, 0.29) is 5.75 Å². The summed E-state index contributed by atoms with van der Waals surface area (Å²) in [6.07, 6.45) is 4.00. The molecular formula is C13H14FN3O. The molecule has 0 radical (unpaired) electrons. The van der Waals surface area contributed by atoms with E-state index in [2.05, 4.69) is 4.98 Å². The maximum absolute atomic E-state index is 13.6. The molecule has 0 unspecified atom stereocenters. The van der Waals surface area contributed by atoms with Gasteiger partial charge in [-0.1, -0.05) is 0 Å². The number of methoxy groups -OCH3 is 1. The van der Waals surface area contributed by atoms with Crippen LogP contribution in [0, 0.1) is 5.82 Å². The van der Waals surface area contributed by atoms with Gasteiger partial charge in [-0.15, -0.1) is 0 Å². The highest BCUT2D eigenvalue weighted by molar-refractivity contribution is 5.71. The average Bonchev–Trinajstić information content (AvgIpc) is 3.13. The summed E-state index contributed by atoms with van der Waals surface area (Å²) in [5.41, 5.74) is 7.34. The molecule has 18 heavy (non-hydrogen) atoms. The minimum absolute atomic E-state index is 0.221. The van der Waals surface area contributed by atoms with Crippen LogP contribution in [0.2, 0.25) is 0 Å². The first-order chi connectivity index (χ1) is 8.70. The highest BCUT2D eigenvalue weighted by Gasteiger charge is 2.26. The lowest BCUT2D eigenvalue weighted by Gasteiger charge is -2.05. The van der Waals surface area contributed by atoms with Crippen molar-refractivity contribution in [1.82, 2.24) is 9.55 Å². The summed E-state index contributed by atoms with van der Waals surface area (Å²) in [5.74, 6) is 0.413. The van der Waals surface area contributed by atoms with Crippen LogP contribution in [-0.4, -0.2) is 16.7 Å². The number of ether oxygens (including phenoxy) is 1. The lowest BCUT2D eigenvalue weighted by atomic mass is 10.1. The van der Waals surface area contributed by atoms with Gasteiger partial charge in [0.2, 0.25) is 0 Å².